The van der Waals surface area contributed by atoms with Crippen molar-refractivity contribution in [1.82, 2.24) is 24.5 Å². The molecule has 6 nitrogen and oxygen atoms in total. The Morgan fingerprint density at radius 2 is 2.08 bits per heavy atom. The standard InChI is InChI=1S/C18H22N6S/c1-13-10-17(24-18(21-13)19-12-20-24)22-6-2-15(3-7-22)23-8-4-16-14(11-23)5-9-25-16/h5,9-10,12,15H,2-4,6-8,11H2,1H3. The van der Waals surface area contributed by atoms with Gasteiger partial charge in [0.15, 0.2) is 0 Å². The summed E-state index contributed by atoms with van der Waals surface area (Å²) in [7, 11) is 0. The van der Waals surface area contributed by atoms with Crippen LogP contribution in [0.1, 0.15) is 29.0 Å². The molecule has 0 bridgehead atoms. The first-order valence-corrected chi connectivity index (χ1v) is 9.87. The van der Waals surface area contributed by atoms with Crippen molar-refractivity contribution in [3.63, 3.8) is 0 Å². The number of thiophene rings is 1. The molecule has 1 saturated heterocycles. The lowest BCUT2D eigenvalue weighted by atomic mass is 9.99. The highest BCUT2D eigenvalue weighted by Crippen LogP contribution is 2.29. The van der Waals surface area contributed by atoms with Gasteiger partial charge in [0.25, 0.3) is 5.78 Å². The maximum absolute atomic E-state index is 4.45. The van der Waals surface area contributed by atoms with Crippen molar-refractivity contribution < 1.29 is 0 Å². The van der Waals surface area contributed by atoms with Crippen molar-refractivity contribution in [3.8, 4) is 0 Å². The van der Waals surface area contributed by atoms with Crippen LogP contribution in [0.3, 0.4) is 0 Å². The van der Waals surface area contributed by atoms with Crippen LogP contribution in [0.5, 0.6) is 0 Å². The molecule has 0 radical (unpaired) electrons. The highest BCUT2D eigenvalue weighted by molar-refractivity contribution is 7.10. The van der Waals surface area contributed by atoms with Crippen molar-refractivity contribution in [3.05, 3.63) is 40.0 Å². The van der Waals surface area contributed by atoms with E-state index in [9.17, 15) is 0 Å². The molecule has 2 aliphatic rings. The molecule has 0 atom stereocenters. The van der Waals surface area contributed by atoms with Crippen molar-refractivity contribution in [1.29, 1.82) is 0 Å². The minimum atomic E-state index is 0.693. The number of nitrogens with zero attached hydrogens (tertiary/aromatic N) is 6. The summed E-state index contributed by atoms with van der Waals surface area (Å²) in [5, 5.41) is 6.60. The fourth-order valence-electron chi connectivity index (χ4n) is 4.18. The number of piperidine rings is 1. The molecule has 0 spiro atoms. The minimum absolute atomic E-state index is 0.693. The number of fused-ring (bicyclic) bond motifs is 2. The Kier molecular flexibility index (Phi) is 3.71. The van der Waals surface area contributed by atoms with E-state index in [1.807, 2.05) is 22.8 Å². The zero-order chi connectivity index (χ0) is 16.8. The second-order valence-corrected chi connectivity index (χ2v) is 8.04. The summed E-state index contributed by atoms with van der Waals surface area (Å²) in [4.78, 5) is 15.4. The fourth-order valence-corrected chi connectivity index (χ4v) is 5.07. The SMILES string of the molecule is Cc1cc(N2CCC(N3CCc4sccc4C3)CC2)n2ncnc2n1. The molecule has 1 fully saturated rings. The molecule has 130 valence electrons. The van der Waals surface area contributed by atoms with E-state index < -0.39 is 0 Å². The van der Waals surface area contributed by atoms with Crippen LogP contribution in [0, 0.1) is 6.92 Å². The quantitative estimate of drug-likeness (QED) is 0.708. The average molecular weight is 354 g/mol. The highest BCUT2D eigenvalue weighted by atomic mass is 32.1. The monoisotopic (exact) mass is 354 g/mol. The van der Waals surface area contributed by atoms with Gasteiger partial charge in [-0.2, -0.15) is 14.6 Å². The fraction of sp³-hybridized carbons (Fsp3) is 0.500. The van der Waals surface area contributed by atoms with Gasteiger partial charge < -0.3 is 4.90 Å². The molecular weight excluding hydrogens is 332 g/mol. The van der Waals surface area contributed by atoms with Crippen LogP contribution in [0.15, 0.2) is 23.8 Å². The average Bonchev–Trinajstić information content (AvgIpc) is 3.29. The van der Waals surface area contributed by atoms with Gasteiger partial charge in [-0.15, -0.1) is 11.3 Å². The normalized spacial score (nSPS) is 19.5. The molecule has 3 aromatic heterocycles. The molecule has 25 heavy (non-hydrogen) atoms. The zero-order valence-electron chi connectivity index (χ0n) is 14.4. The summed E-state index contributed by atoms with van der Waals surface area (Å²) in [6.07, 6.45) is 5.22. The van der Waals surface area contributed by atoms with Gasteiger partial charge in [-0.05, 0) is 43.2 Å². The van der Waals surface area contributed by atoms with Crippen LogP contribution in [0.25, 0.3) is 5.78 Å². The summed E-state index contributed by atoms with van der Waals surface area (Å²) in [5.74, 6) is 1.82. The third kappa shape index (κ3) is 2.71. The topological polar surface area (TPSA) is 49.6 Å². The first-order valence-electron chi connectivity index (χ1n) is 8.99. The molecule has 5 rings (SSSR count). The summed E-state index contributed by atoms with van der Waals surface area (Å²) in [5.41, 5.74) is 2.55. The van der Waals surface area contributed by atoms with Gasteiger partial charge in [0.1, 0.15) is 12.1 Å². The van der Waals surface area contributed by atoms with E-state index >= 15 is 0 Å². The Morgan fingerprint density at radius 1 is 1.20 bits per heavy atom. The van der Waals surface area contributed by atoms with Gasteiger partial charge in [-0.25, -0.2) is 4.98 Å². The van der Waals surface area contributed by atoms with Gasteiger partial charge in [-0.1, -0.05) is 0 Å². The Morgan fingerprint density at radius 3 is 2.96 bits per heavy atom. The number of rotatable bonds is 2. The smallest absolute Gasteiger partial charge is 0.254 e. The van der Waals surface area contributed by atoms with Gasteiger partial charge in [0.05, 0.1) is 0 Å². The molecule has 0 unspecified atom stereocenters. The largest absolute Gasteiger partial charge is 0.356 e. The Hall–Kier alpha value is -1.99. The Balaban J connectivity index is 1.31. The first kappa shape index (κ1) is 15.3. The minimum Gasteiger partial charge on any atom is -0.356 e. The second kappa shape index (κ2) is 6.07. The number of aromatic nitrogens is 4. The maximum Gasteiger partial charge on any atom is 0.254 e. The molecule has 3 aromatic rings. The van der Waals surface area contributed by atoms with Crippen LogP contribution < -0.4 is 4.90 Å². The maximum atomic E-state index is 4.45. The molecule has 2 aliphatic heterocycles. The Labute approximate surface area is 151 Å². The van der Waals surface area contributed by atoms with Crippen LogP contribution >= 0.6 is 11.3 Å². The van der Waals surface area contributed by atoms with Crippen LogP contribution in [0.4, 0.5) is 5.82 Å². The van der Waals surface area contributed by atoms with Crippen molar-refractivity contribution in [2.24, 2.45) is 0 Å². The second-order valence-electron chi connectivity index (χ2n) is 7.04. The lowest BCUT2D eigenvalue weighted by Crippen LogP contribution is -2.46. The van der Waals surface area contributed by atoms with Crippen LogP contribution in [-0.4, -0.2) is 50.2 Å². The first-order chi connectivity index (χ1) is 12.3. The summed E-state index contributed by atoms with van der Waals surface area (Å²) < 4.78 is 1.87. The van der Waals surface area contributed by atoms with Gasteiger partial charge in [-0.3, -0.25) is 4.90 Å². The number of hydrogen-bond acceptors (Lipinski definition) is 6. The number of aryl methyl sites for hydroxylation is 1. The zero-order valence-corrected chi connectivity index (χ0v) is 15.2. The third-order valence-corrected chi connectivity index (χ3v) is 6.53. The Bertz CT molecular complexity index is 892. The highest BCUT2D eigenvalue weighted by Gasteiger charge is 2.28. The summed E-state index contributed by atoms with van der Waals surface area (Å²) in [6, 6.07) is 5.13. The number of hydrogen-bond donors (Lipinski definition) is 0. The molecule has 0 N–H and O–H groups in total. The molecule has 0 aromatic carbocycles. The van der Waals surface area contributed by atoms with Gasteiger partial charge in [0, 0.05) is 48.9 Å². The van der Waals surface area contributed by atoms with Crippen LogP contribution in [0.2, 0.25) is 0 Å². The molecule has 0 amide bonds. The molecule has 0 saturated carbocycles. The van der Waals surface area contributed by atoms with Crippen LogP contribution in [-0.2, 0) is 13.0 Å². The lowest BCUT2D eigenvalue weighted by Gasteiger charge is -2.40. The van der Waals surface area contributed by atoms with Crippen molar-refractivity contribution in [2.45, 2.75) is 38.8 Å². The van der Waals surface area contributed by atoms with E-state index in [2.05, 4.69) is 42.4 Å². The van der Waals surface area contributed by atoms with Gasteiger partial charge >= 0.3 is 0 Å². The predicted molar refractivity (Wildman–Crippen MR) is 99.2 cm³/mol. The van der Waals surface area contributed by atoms with Crippen molar-refractivity contribution in [2.75, 3.05) is 24.5 Å². The molecule has 7 heteroatoms. The van der Waals surface area contributed by atoms with E-state index in [0.29, 0.717) is 11.8 Å². The van der Waals surface area contributed by atoms with E-state index in [0.717, 1.165) is 31.1 Å². The van der Waals surface area contributed by atoms with Gasteiger partial charge in [0.2, 0.25) is 0 Å². The number of anilines is 1. The van der Waals surface area contributed by atoms with E-state index in [-0.39, 0.29) is 0 Å². The molecular formula is C18H22N6S. The molecule has 0 aliphatic carbocycles. The van der Waals surface area contributed by atoms with Crippen molar-refractivity contribution >= 4 is 22.9 Å². The van der Waals surface area contributed by atoms with E-state index in [4.69, 9.17) is 0 Å². The predicted octanol–water partition coefficient (Wildman–Crippen LogP) is 2.52. The lowest BCUT2D eigenvalue weighted by molar-refractivity contribution is 0.154. The summed E-state index contributed by atoms with van der Waals surface area (Å²) >= 11 is 1.92. The van der Waals surface area contributed by atoms with E-state index in [1.54, 1.807) is 16.8 Å². The van der Waals surface area contributed by atoms with E-state index in [1.165, 1.54) is 25.8 Å². The summed E-state index contributed by atoms with van der Waals surface area (Å²) in [6.45, 7) is 6.49. The third-order valence-electron chi connectivity index (χ3n) is 5.50. The molecule has 5 heterocycles.